The third-order valence-electron chi connectivity index (χ3n) is 2.54. The van der Waals surface area contributed by atoms with Crippen LogP contribution in [0, 0.1) is 5.92 Å². The van der Waals surface area contributed by atoms with Crippen molar-refractivity contribution in [3.05, 3.63) is 28.8 Å². The van der Waals surface area contributed by atoms with Crippen molar-refractivity contribution in [2.75, 3.05) is 11.9 Å². The van der Waals surface area contributed by atoms with Gasteiger partial charge in [-0.2, -0.15) is 13.2 Å². The zero-order chi connectivity index (χ0) is 15.3. The summed E-state index contributed by atoms with van der Waals surface area (Å²) >= 11 is 10.6. The molecule has 0 saturated carbocycles. The number of hydrogen-bond donors (Lipinski definition) is 2. The lowest BCUT2D eigenvalue weighted by Gasteiger charge is -2.14. The van der Waals surface area contributed by atoms with Crippen molar-refractivity contribution < 1.29 is 13.2 Å². The Balaban J connectivity index is 2.67. The van der Waals surface area contributed by atoms with Gasteiger partial charge in [-0.3, -0.25) is 0 Å². The van der Waals surface area contributed by atoms with E-state index in [1.54, 1.807) is 0 Å². The number of anilines is 1. The molecule has 0 heterocycles. The average Bonchev–Trinajstić information content (AvgIpc) is 2.29. The van der Waals surface area contributed by atoms with Gasteiger partial charge < -0.3 is 10.6 Å². The zero-order valence-electron chi connectivity index (χ0n) is 11.1. The van der Waals surface area contributed by atoms with E-state index in [-0.39, 0.29) is 10.7 Å². The van der Waals surface area contributed by atoms with E-state index in [1.165, 1.54) is 12.1 Å². The Morgan fingerprint density at radius 1 is 1.35 bits per heavy atom. The van der Waals surface area contributed by atoms with Crippen LogP contribution in [0.5, 0.6) is 0 Å². The lowest BCUT2D eigenvalue weighted by molar-refractivity contribution is -0.137. The molecule has 0 spiro atoms. The van der Waals surface area contributed by atoms with Gasteiger partial charge in [-0.15, -0.1) is 0 Å². The molecular weight excluding hydrogens is 309 g/mol. The van der Waals surface area contributed by atoms with Crippen LogP contribution < -0.4 is 10.6 Å². The highest BCUT2D eigenvalue weighted by molar-refractivity contribution is 7.80. The third kappa shape index (κ3) is 5.54. The fraction of sp³-hybridized carbons (Fsp3) is 0.462. The summed E-state index contributed by atoms with van der Waals surface area (Å²) in [6, 6.07) is 3.59. The zero-order valence-corrected chi connectivity index (χ0v) is 12.7. The smallest absolute Gasteiger partial charge is 0.362 e. The lowest BCUT2D eigenvalue weighted by Crippen LogP contribution is -2.29. The topological polar surface area (TPSA) is 24.1 Å². The predicted octanol–water partition coefficient (Wildman–Crippen LogP) is 4.69. The highest BCUT2D eigenvalue weighted by Crippen LogP contribution is 2.36. The first-order chi connectivity index (χ1) is 9.20. The van der Waals surface area contributed by atoms with Crippen LogP contribution in [-0.2, 0) is 6.18 Å². The first kappa shape index (κ1) is 17.0. The Morgan fingerprint density at radius 3 is 2.55 bits per heavy atom. The molecule has 0 aliphatic rings. The molecule has 0 atom stereocenters. The van der Waals surface area contributed by atoms with Gasteiger partial charge in [0.2, 0.25) is 0 Å². The molecule has 0 saturated heterocycles. The van der Waals surface area contributed by atoms with Crippen molar-refractivity contribution in [2.24, 2.45) is 5.92 Å². The van der Waals surface area contributed by atoms with Crippen LogP contribution in [0.15, 0.2) is 18.2 Å². The van der Waals surface area contributed by atoms with Crippen LogP contribution in [0.25, 0.3) is 0 Å². The Hall–Kier alpha value is -1.01. The van der Waals surface area contributed by atoms with Crippen molar-refractivity contribution in [3.63, 3.8) is 0 Å². The van der Waals surface area contributed by atoms with Crippen molar-refractivity contribution in [1.29, 1.82) is 0 Å². The highest BCUT2D eigenvalue weighted by Gasteiger charge is 2.33. The normalized spacial score (nSPS) is 11.6. The van der Waals surface area contributed by atoms with Crippen molar-refractivity contribution in [2.45, 2.75) is 26.4 Å². The molecule has 2 nitrogen and oxygen atoms in total. The van der Waals surface area contributed by atoms with E-state index >= 15 is 0 Å². The summed E-state index contributed by atoms with van der Waals surface area (Å²) in [4.78, 5) is 0. The van der Waals surface area contributed by atoms with E-state index in [4.69, 9.17) is 23.8 Å². The van der Waals surface area contributed by atoms with Crippen LogP contribution in [0.1, 0.15) is 25.8 Å². The van der Waals surface area contributed by atoms with Crippen LogP contribution >= 0.6 is 23.8 Å². The minimum atomic E-state index is -4.48. The molecule has 1 rings (SSSR count). The number of benzene rings is 1. The average molecular weight is 325 g/mol. The summed E-state index contributed by atoms with van der Waals surface area (Å²) in [7, 11) is 0. The SMILES string of the molecule is CC(C)CCNC(=S)Nc1ccc(Cl)c(C(F)(F)F)c1. The van der Waals surface area contributed by atoms with Gasteiger partial charge in [0.25, 0.3) is 0 Å². The summed E-state index contributed by atoms with van der Waals surface area (Å²) in [6.45, 7) is 4.82. The quantitative estimate of drug-likeness (QED) is 0.786. The van der Waals surface area contributed by atoms with E-state index < -0.39 is 11.7 Å². The van der Waals surface area contributed by atoms with Gasteiger partial charge in [0.1, 0.15) is 0 Å². The van der Waals surface area contributed by atoms with Gasteiger partial charge in [0.15, 0.2) is 5.11 Å². The van der Waals surface area contributed by atoms with Gasteiger partial charge in [-0.1, -0.05) is 25.4 Å². The number of rotatable bonds is 4. The first-order valence-corrected chi connectivity index (χ1v) is 6.90. The molecule has 7 heteroatoms. The van der Waals surface area contributed by atoms with Crippen molar-refractivity contribution in [3.8, 4) is 0 Å². The monoisotopic (exact) mass is 324 g/mol. The maximum atomic E-state index is 12.7. The van der Waals surface area contributed by atoms with E-state index in [0.717, 1.165) is 12.5 Å². The Morgan fingerprint density at radius 2 is 2.00 bits per heavy atom. The Kier molecular flexibility index (Phi) is 6.07. The lowest BCUT2D eigenvalue weighted by atomic mass is 10.1. The van der Waals surface area contributed by atoms with Gasteiger partial charge in [-0.05, 0) is 42.8 Å². The number of halogens is 4. The van der Waals surface area contributed by atoms with E-state index in [0.29, 0.717) is 17.6 Å². The molecule has 0 aromatic heterocycles. The molecule has 1 aromatic rings. The fourth-order valence-electron chi connectivity index (χ4n) is 1.47. The second kappa shape index (κ2) is 7.13. The first-order valence-electron chi connectivity index (χ1n) is 6.11. The van der Waals surface area contributed by atoms with Crippen LogP contribution in [0.4, 0.5) is 18.9 Å². The largest absolute Gasteiger partial charge is 0.417 e. The number of thiocarbonyl (C=S) groups is 1. The summed E-state index contributed by atoms with van der Waals surface area (Å²) in [5, 5.41) is 5.62. The summed E-state index contributed by atoms with van der Waals surface area (Å²) < 4.78 is 38.1. The van der Waals surface area contributed by atoms with Crippen molar-refractivity contribution >= 4 is 34.6 Å². The maximum Gasteiger partial charge on any atom is 0.417 e. The fourth-order valence-corrected chi connectivity index (χ4v) is 1.91. The van der Waals surface area contributed by atoms with Gasteiger partial charge in [-0.25, -0.2) is 0 Å². The van der Waals surface area contributed by atoms with E-state index in [2.05, 4.69) is 24.5 Å². The number of hydrogen-bond acceptors (Lipinski definition) is 1. The van der Waals surface area contributed by atoms with Gasteiger partial charge in [0, 0.05) is 12.2 Å². The Bertz CT molecular complexity index is 475. The number of alkyl halides is 3. The minimum absolute atomic E-state index is 0.253. The number of nitrogens with one attached hydrogen (secondary N) is 2. The summed E-state index contributed by atoms with van der Waals surface area (Å²) in [5.74, 6) is 0.526. The molecule has 0 fully saturated rings. The van der Waals surface area contributed by atoms with Crippen LogP contribution in [0.3, 0.4) is 0 Å². The molecule has 0 unspecified atom stereocenters. The second-order valence-electron chi connectivity index (χ2n) is 4.76. The summed E-state index contributed by atoms with van der Waals surface area (Å²) in [6.07, 6.45) is -3.56. The predicted molar refractivity (Wildman–Crippen MR) is 80.1 cm³/mol. The maximum absolute atomic E-state index is 12.7. The molecule has 112 valence electrons. The molecule has 0 amide bonds. The van der Waals surface area contributed by atoms with Gasteiger partial charge >= 0.3 is 6.18 Å². The Labute approximate surface area is 126 Å². The van der Waals surface area contributed by atoms with E-state index in [9.17, 15) is 13.2 Å². The van der Waals surface area contributed by atoms with Crippen LogP contribution in [-0.4, -0.2) is 11.7 Å². The molecule has 0 aliphatic carbocycles. The standard InChI is InChI=1S/C13H16ClF3N2S/c1-8(2)5-6-18-12(20)19-9-3-4-11(14)10(7-9)13(15,16)17/h3-4,7-8H,5-6H2,1-2H3,(H2,18,19,20). The van der Waals surface area contributed by atoms with E-state index in [1.807, 2.05) is 0 Å². The minimum Gasteiger partial charge on any atom is -0.362 e. The molecule has 1 aromatic carbocycles. The van der Waals surface area contributed by atoms with Gasteiger partial charge in [0.05, 0.1) is 10.6 Å². The molecule has 20 heavy (non-hydrogen) atoms. The molecule has 0 aliphatic heterocycles. The van der Waals surface area contributed by atoms with Crippen LogP contribution in [0.2, 0.25) is 5.02 Å². The molecular formula is C13H16ClF3N2S. The molecule has 0 radical (unpaired) electrons. The van der Waals surface area contributed by atoms with Crippen molar-refractivity contribution in [1.82, 2.24) is 5.32 Å². The second-order valence-corrected chi connectivity index (χ2v) is 5.57. The molecule has 2 N–H and O–H groups in total. The summed E-state index contributed by atoms with van der Waals surface area (Å²) in [5.41, 5.74) is -0.627. The highest BCUT2D eigenvalue weighted by atomic mass is 35.5. The molecule has 0 bridgehead atoms. The third-order valence-corrected chi connectivity index (χ3v) is 3.11.